The van der Waals surface area contributed by atoms with Crippen LogP contribution in [0.2, 0.25) is 0 Å². The second kappa shape index (κ2) is 10.6. The topological polar surface area (TPSA) is 58.5 Å². The van der Waals surface area contributed by atoms with Gasteiger partial charge in [-0.25, -0.2) is 4.98 Å². The molecule has 0 bridgehead atoms. The number of hydrogen-bond donors (Lipinski definition) is 2. The van der Waals surface area contributed by atoms with Gasteiger partial charge < -0.3 is 15.4 Å². The standard InChI is InChI=1S/C15H28N4OS/c1-5-14-19-13(11-21-14)9-18-15(16-4)17-7-6-8-20-10-12(2)3/h11-12H,5-10H2,1-4H3,(H2,16,17,18). The fourth-order valence-electron chi connectivity index (χ4n) is 1.69. The molecule has 0 aliphatic rings. The Kier molecular flexibility index (Phi) is 9.01. The summed E-state index contributed by atoms with van der Waals surface area (Å²) in [6.07, 6.45) is 1.97. The van der Waals surface area contributed by atoms with E-state index in [0.717, 1.165) is 44.3 Å². The molecule has 5 nitrogen and oxygen atoms in total. The van der Waals surface area contributed by atoms with Gasteiger partial charge in [0.2, 0.25) is 0 Å². The lowest BCUT2D eigenvalue weighted by molar-refractivity contribution is 0.108. The van der Waals surface area contributed by atoms with E-state index >= 15 is 0 Å². The Morgan fingerprint density at radius 3 is 2.86 bits per heavy atom. The van der Waals surface area contributed by atoms with Gasteiger partial charge in [0.1, 0.15) is 0 Å². The Bertz CT molecular complexity index is 418. The molecule has 1 aromatic heterocycles. The van der Waals surface area contributed by atoms with Gasteiger partial charge in [-0.05, 0) is 18.8 Å². The maximum absolute atomic E-state index is 5.55. The smallest absolute Gasteiger partial charge is 0.191 e. The number of nitrogens with zero attached hydrogens (tertiary/aromatic N) is 2. The molecule has 0 fully saturated rings. The van der Waals surface area contributed by atoms with Crippen LogP contribution in [-0.4, -0.2) is 37.7 Å². The summed E-state index contributed by atoms with van der Waals surface area (Å²) in [7, 11) is 1.78. The third kappa shape index (κ3) is 8.02. The maximum atomic E-state index is 5.55. The van der Waals surface area contributed by atoms with Crippen LogP contribution in [0.4, 0.5) is 0 Å². The highest BCUT2D eigenvalue weighted by molar-refractivity contribution is 7.09. The van der Waals surface area contributed by atoms with Crippen molar-refractivity contribution in [1.82, 2.24) is 15.6 Å². The third-order valence-corrected chi connectivity index (χ3v) is 3.81. The van der Waals surface area contributed by atoms with Gasteiger partial charge >= 0.3 is 0 Å². The van der Waals surface area contributed by atoms with E-state index in [1.165, 1.54) is 5.01 Å². The summed E-state index contributed by atoms with van der Waals surface area (Å²) < 4.78 is 5.55. The number of rotatable bonds is 9. The van der Waals surface area contributed by atoms with Crippen molar-refractivity contribution in [2.24, 2.45) is 10.9 Å². The molecular formula is C15H28N4OS. The molecule has 1 heterocycles. The first-order valence-corrected chi connectivity index (χ1v) is 8.49. The van der Waals surface area contributed by atoms with Crippen molar-refractivity contribution in [3.05, 3.63) is 16.1 Å². The maximum Gasteiger partial charge on any atom is 0.191 e. The van der Waals surface area contributed by atoms with Crippen LogP contribution in [0.25, 0.3) is 0 Å². The first-order chi connectivity index (χ1) is 10.2. The van der Waals surface area contributed by atoms with Crippen molar-refractivity contribution in [3.63, 3.8) is 0 Å². The molecule has 1 aromatic rings. The number of aryl methyl sites for hydroxylation is 1. The molecule has 0 atom stereocenters. The highest BCUT2D eigenvalue weighted by Crippen LogP contribution is 2.09. The highest BCUT2D eigenvalue weighted by Gasteiger charge is 2.02. The van der Waals surface area contributed by atoms with Crippen LogP contribution in [0.15, 0.2) is 10.4 Å². The second-order valence-corrected chi connectivity index (χ2v) is 6.20. The van der Waals surface area contributed by atoms with E-state index in [1.54, 1.807) is 18.4 Å². The van der Waals surface area contributed by atoms with Crippen molar-refractivity contribution in [3.8, 4) is 0 Å². The van der Waals surface area contributed by atoms with Gasteiger partial charge in [0.05, 0.1) is 17.2 Å². The molecular weight excluding hydrogens is 284 g/mol. The Labute approximate surface area is 132 Å². The molecule has 21 heavy (non-hydrogen) atoms. The van der Waals surface area contributed by atoms with Gasteiger partial charge in [-0.1, -0.05) is 20.8 Å². The first-order valence-electron chi connectivity index (χ1n) is 7.61. The minimum absolute atomic E-state index is 0.596. The van der Waals surface area contributed by atoms with Crippen LogP contribution in [0.1, 0.15) is 37.9 Å². The fourth-order valence-corrected chi connectivity index (χ4v) is 2.43. The normalized spacial score (nSPS) is 12.0. The predicted octanol–water partition coefficient (Wildman–Crippen LogP) is 2.43. The number of nitrogens with one attached hydrogen (secondary N) is 2. The summed E-state index contributed by atoms with van der Waals surface area (Å²) in [5, 5.41) is 9.83. The van der Waals surface area contributed by atoms with Gasteiger partial charge in [0, 0.05) is 32.2 Å². The number of hydrogen-bond acceptors (Lipinski definition) is 4. The number of thiazole rings is 1. The molecule has 0 unspecified atom stereocenters. The zero-order chi connectivity index (χ0) is 15.5. The number of guanidine groups is 1. The fraction of sp³-hybridized carbons (Fsp3) is 0.733. The minimum atomic E-state index is 0.596. The van der Waals surface area contributed by atoms with Crippen molar-refractivity contribution in [2.75, 3.05) is 26.8 Å². The quantitative estimate of drug-likeness (QED) is 0.418. The van der Waals surface area contributed by atoms with E-state index in [4.69, 9.17) is 4.74 Å². The lowest BCUT2D eigenvalue weighted by Crippen LogP contribution is -2.37. The Morgan fingerprint density at radius 2 is 2.24 bits per heavy atom. The van der Waals surface area contributed by atoms with Crippen molar-refractivity contribution >= 4 is 17.3 Å². The van der Waals surface area contributed by atoms with Gasteiger partial charge in [0.25, 0.3) is 0 Å². The lowest BCUT2D eigenvalue weighted by atomic mass is 10.2. The largest absolute Gasteiger partial charge is 0.381 e. The zero-order valence-corrected chi connectivity index (χ0v) is 14.4. The van der Waals surface area contributed by atoms with E-state index in [2.05, 4.69) is 46.8 Å². The molecule has 2 N–H and O–H groups in total. The van der Waals surface area contributed by atoms with Crippen LogP contribution >= 0.6 is 11.3 Å². The SMILES string of the molecule is CCc1nc(CNC(=NC)NCCCOCC(C)C)cs1. The van der Waals surface area contributed by atoms with Crippen LogP contribution in [0.5, 0.6) is 0 Å². The molecule has 0 radical (unpaired) electrons. The van der Waals surface area contributed by atoms with Gasteiger partial charge in [0.15, 0.2) is 5.96 Å². The molecule has 0 aliphatic carbocycles. The molecule has 0 aliphatic heterocycles. The predicted molar refractivity (Wildman–Crippen MR) is 90.0 cm³/mol. The molecule has 0 amide bonds. The monoisotopic (exact) mass is 312 g/mol. The van der Waals surface area contributed by atoms with E-state index in [0.29, 0.717) is 12.5 Å². The van der Waals surface area contributed by atoms with E-state index in [-0.39, 0.29) is 0 Å². The summed E-state index contributed by atoms with van der Waals surface area (Å²) in [6.45, 7) is 9.62. The van der Waals surface area contributed by atoms with E-state index in [9.17, 15) is 0 Å². The van der Waals surface area contributed by atoms with Gasteiger partial charge in [-0.3, -0.25) is 4.99 Å². The lowest BCUT2D eigenvalue weighted by Gasteiger charge is -2.11. The van der Waals surface area contributed by atoms with Crippen LogP contribution < -0.4 is 10.6 Å². The van der Waals surface area contributed by atoms with E-state index in [1.807, 2.05) is 0 Å². The van der Waals surface area contributed by atoms with Crippen LogP contribution in [0, 0.1) is 5.92 Å². The summed E-state index contributed by atoms with van der Waals surface area (Å²) >= 11 is 1.71. The minimum Gasteiger partial charge on any atom is -0.381 e. The summed E-state index contributed by atoms with van der Waals surface area (Å²) in [4.78, 5) is 8.73. The third-order valence-electron chi connectivity index (χ3n) is 2.77. The Hall–Kier alpha value is -1.14. The molecule has 0 spiro atoms. The first kappa shape index (κ1) is 17.9. The summed E-state index contributed by atoms with van der Waals surface area (Å²) in [5.74, 6) is 1.41. The van der Waals surface area contributed by atoms with Crippen LogP contribution in [-0.2, 0) is 17.7 Å². The van der Waals surface area contributed by atoms with Gasteiger partial charge in [-0.2, -0.15) is 0 Å². The van der Waals surface area contributed by atoms with Gasteiger partial charge in [-0.15, -0.1) is 11.3 Å². The average Bonchev–Trinajstić information content (AvgIpc) is 2.93. The number of aliphatic imine (C=N–C) groups is 1. The Morgan fingerprint density at radius 1 is 1.43 bits per heavy atom. The average molecular weight is 312 g/mol. The number of aromatic nitrogens is 1. The van der Waals surface area contributed by atoms with Crippen molar-refractivity contribution in [1.29, 1.82) is 0 Å². The summed E-state index contributed by atoms with van der Waals surface area (Å²) in [6, 6.07) is 0. The molecule has 0 saturated carbocycles. The molecule has 120 valence electrons. The molecule has 6 heteroatoms. The summed E-state index contributed by atoms with van der Waals surface area (Å²) in [5.41, 5.74) is 1.07. The van der Waals surface area contributed by atoms with Crippen molar-refractivity contribution in [2.45, 2.75) is 40.2 Å². The highest BCUT2D eigenvalue weighted by atomic mass is 32.1. The molecule has 1 rings (SSSR count). The van der Waals surface area contributed by atoms with Crippen LogP contribution in [0.3, 0.4) is 0 Å². The Balaban J connectivity index is 2.14. The van der Waals surface area contributed by atoms with Crippen molar-refractivity contribution < 1.29 is 4.74 Å². The molecule has 0 aromatic carbocycles. The number of ether oxygens (including phenoxy) is 1. The van der Waals surface area contributed by atoms with E-state index < -0.39 is 0 Å². The molecule has 0 saturated heterocycles. The zero-order valence-electron chi connectivity index (χ0n) is 13.6. The second-order valence-electron chi connectivity index (χ2n) is 5.26.